The number of benzene rings is 1. The summed E-state index contributed by atoms with van der Waals surface area (Å²) in [5.41, 5.74) is 4.76. The third kappa shape index (κ3) is 1.59. The highest BCUT2D eigenvalue weighted by Gasteiger charge is 1.98. The highest BCUT2D eigenvalue weighted by molar-refractivity contribution is 5.72. The van der Waals surface area contributed by atoms with Crippen LogP contribution in [0.3, 0.4) is 0 Å². The molecule has 0 aliphatic heterocycles. The predicted octanol–water partition coefficient (Wildman–Crippen LogP) is 0.152. The van der Waals surface area contributed by atoms with Gasteiger partial charge in [-0.1, -0.05) is 17.0 Å². The van der Waals surface area contributed by atoms with Crippen molar-refractivity contribution in [3.63, 3.8) is 0 Å². The maximum absolute atomic E-state index is 4.20. The van der Waals surface area contributed by atoms with E-state index in [0.29, 0.717) is 6.67 Å². The molecule has 68 valence electrons. The Hall–Kier alpha value is -1.62. The number of hydrogen-bond acceptors (Lipinski definition) is 4. The molecule has 0 bridgehead atoms. The smallest absolute Gasteiger partial charge is 0.115 e. The summed E-state index contributed by atoms with van der Waals surface area (Å²) in [7, 11) is 1.86. The molecule has 13 heavy (non-hydrogen) atoms. The second kappa shape index (κ2) is 3.40. The Kier molecular flexibility index (Phi) is 2.09. The van der Waals surface area contributed by atoms with E-state index in [4.69, 9.17) is 0 Å². The molecule has 0 radical (unpaired) electrons. The minimum atomic E-state index is 0.640. The molecule has 2 N–H and O–H groups in total. The van der Waals surface area contributed by atoms with Gasteiger partial charge in [0.05, 0.1) is 6.67 Å². The van der Waals surface area contributed by atoms with Crippen LogP contribution >= 0.6 is 0 Å². The van der Waals surface area contributed by atoms with Crippen molar-refractivity contribution in [1.29, 1.82) is 0 Å². The summed E-state index contributed by atoms with van der Waals surface area (Å²) in [5.74, 6) is 0. The van der Waals surface area contributed by atoms with Crippen LogP contribution in [0.1, 0.15) is 0 Å². The molecule has 1 aromatic carbocycles. The van der Waals surface area contributed by atoms with Gasteiger partial charge in [-0.3, -0.25) is 5.43 Å². The topological polar surface area (TPSA) is 54.8 Å². The summed E-state index contributed by atoms with van der Waals surface area (Å²) < 4.78 is 0. The first-order valence-electron chi connectivity index (χ1n) is 4.11. The second-order valence-corrected chi connectivity index (χ2v) is 2.67. The van der Waals surface area contributed by atoms with Gasteiger partial charge in [0.25, 0.3) is 0 Å². The van der Waals surface area contributed by atoms with Gasteiger partial charge >= 0.3 is 0 Å². The lowest BCUT2D eigenvalue weighted by Gasteiger charge is -2.00. The van der Waals surface area contributed by atoms with Gasteiger partial charge in [-0.15, -0.1) is 10.2 Å². The largest absolute Gasteiger partial charge is 0.302 e. The van der Waals surface area contributed by atoms with Crippen molar-refractivity contribution in [3.8, 4) is 0 Å². The molecule has 0 aliphatic rings. The Morgan fingerprint density at radius 3 is 2.38 bits per heavy atom. The van der Waals surface area contributed by atoms with Crippen LogP contribution in [0.4, 0.5) is 0 Å². The van der Waals surface area contributed by atoms with Gasteiger partial charge in [-0.25, -0.2) is 0 Å². The minimum Gasteiger partial charge on any atom is -0.302 e. The highest BCUT2D eigenvalue weighted by Crippen LogP contribution is 2.05. The quantitative estimate of drug-likeness (QED) is 0.655. The molecule has 0 saturated heterocycles. The first-order valence-corrected chi connectivity index (χ1v) is 4.11. The van der Waals surface area contributed by atoms with E-state index in [1.807, 2.05) is 31.3 Å². The molecular weight excluding hydrogens is 166 g/mol. The molecule has 5 heteroatoms. The van der Waals surface area contributed by atoms with Crippen molar-refractivity contribution in [2.45, 2.75) is 0 Å². The number of aromatic nitrogens is 3. The highest BCUT2D eigenvalue weighted by atomic mass is 15.7. The van der Waals surface area contributed by atoms with E-state index in [9.17, 15) is 0 Å². The molecule has 1 aromatic heterocycles. The van der Waals surface area contributed by atoms with Crippen molar-refractivity contribution in [2.24, 2.45) is 0 Å². The van der Waals surface area contributed by atoms with Gasteiger partial charge in [0.1, 0.15) is 11.0 Å². The lowest BCUT2D eigenvalue weighted by molar-refractivity contribution is 0.622. The molecule has 0 unspecified atom stereocenters. The minimum absolute atomic E-state index is 0.640. The fourth-order valence-corrected chi connectivity index (χ4v) is 1.08. The summed E-state index contributed by atoms with van der Waals surface area (Å²) in [6.07, 6.45) is 0. The van der Waals surface area contributed by atoms with Crippen LogP contribution in [0.2, 0.25) is 0 Å². The molecule has 0 atom stereocenters. The van der Waals surface area contributed by atoms with Gasteiger partial charge < -0.3 is 5.32 Å². The Morgan fingerprint density at radius 1 is 1.23 bits per heavy atom. The molecular formula is C8H11N5. The van der Waals surface area contributed by atoms with Crippen LogP contribution in [0, 0.1) is 0 Å². The molecule has 5 nitrogen and oxygen atoms in total. The normalized spacial score (nSPS) is 10.5. The van der Waals surface area contributed by atoms with Gasteiger partial charge in [0.2, 0.25) is 0 Å². The van der Waals surface area contributed by atoms with Crippen LogP contribution in [0.25, 0.3) is 11.0 Å². The molecule has 0 fully saturated rings. The monoisotopic (exact) mass is 177 g/mol. The van der Waals surface area contributed by atoms with E-state index in [-0.39, 0.29) is 0 Å². The van der Waals surface area contributed by atoms with Crippen molar-refractivity contribution in [1.82, 2.24) is 20.4 Å². The van der Waals surface area contributed by atoms with Crippen molar-refractivity contribution in [2.75, 3.05) is 19.1 Å². The van der Waals surface area contributed by atoms with Crippen LogP contribution in [-0.2, 0) is 0 Å². The number of hydrogen-bond donors (Lipinski definition) is 2. The average Bonchev–Trinajstić information content (AvgIpc) is 2.57. The maximum Gasteiger partial charge on any atom is 0.115 e. The fraction of sp³-hybridized carbons (Fsp3) is 0.250. The van der Waals surface area contributed by atoms with Gasteiger partial charge in [0, 0.05) is 0 Å². The van der Waals surface area contributed by atoms with E-state index < -0.39 is 0 Å². The van der Waals surface area contributed by atoms with Crippen LogP contribution in [0.5, 0.6) is 0 Å². The van der Waals surface area contributed by atoms with E-state index in [1.54, 1.807) is 0 Å². The maximum atomic E-state index is 4.20. The van der Waals surface area contributed by atoms with Crippen LogP contribution < -0.4 is 10.7 Å². The van der Waals surface area contributed by atoms with Gasteiger partial charge in [0.15, 0.2) is 0 Å². The van der Waals surface area contributed by atoms with Crippen molar-refractivity contribution >= 4 is 11.0 Å². The molecule has 2 rings (SSSR count). The summed E-state index contributed by atoms with van der Waals surface area (Å²) in [4.78, 5) is 1.47. The van der Waals surface area contributed by atoms with Crippen LogP contribution in [-0.4, -0.2) is 28.8 Å². The molecule has 0 aliphatic carbocycles. The molecule has 0 spiro atoms. The van der Waals surface area contributed by atoms with Crippen molar-refractivity contribution < 1.29 is 0 Å². The second-order valence-electron chi connectivity index (χ2n) is 2.67. The Bertz CT molecular complexity index is 361. The van der Waals surface area contributed by atoms with E-state index in [1.165, 1.54) is 4.91 Å². The zero-order valence-corrected chi connectivity index (χ0v) is 7.36. The van der Waals surface area contributed by atoms with Crippen molar-refractivity contribution in [3.05, 3.63) is 24.3 Å². The summed E-state index contributed by atoms with van der Waals surface area (Å²) in [5, 5.41) is 11.4. The first-order chi connectivity index (χ1) is 6.40. The number of nitrogens with one attached hydrogen (secondary N) is 2. The van der Waals surface area contributed by atoms with Crippen LogP contribution in [0.15, 0.2) is 24.3 Å². The predicted molar refractivity (Wildman–Crippen MR) is 50.8 cm³/mol. The third-order valence-corrected chi connectivity index (χ3v) is 1.68. The third-order valence-electron chi connectivity index (χ3n) is 1.68. The first kappa shape index (κ1) is 8.00. The Morgan fingerprint density at radius 2 is 1.85 bits per heavy atom. The SMILES string of the molecule is CNCNn1nc2ccccc2n1. The summed E-state index contributed by atoms with van der Waals surface area (Å²) in [6, 6.07) is 7.75. The zero-order valence-electron chi connectivity index (χ0n) is 7.36. The summed E-state index contributed by atoms with van der Waals surface area (Å²) >= 11 is 0. The van der Waals surface area contributed by atoms with Gasteiger partial charge in [-0.05, 0) is 19.2 Å². The van der Waals surface area contributed by atoms with E-state index in [2.05, 4.69) is 20.9 Å². The standard InChI is InChI=1S/C8H11N5/c1-9-6-10-13-11-7-4-2-3-5-8(7)12-13/h2-5,9-10H,6H2,1H3. The summed E-state index contributed by atoms with van der Waals surface area (Å²) in [6.45, 7) is 0.640. The number of nitrogens with zero attached hydrogens (tertiary/aromatic N) is 3. The fourth-order valence-electron chi connectivity index (χ4n) is 1.08. The molecule has 2 aromatic rings. The zero-order chi connectivity index (χ0) is 9.10. The number of rotatable bonds is 3. The molecule has 1 heterocycles. The Balaban J connectivity index is 2.28. The molecule has 0 amide bonds. The van der Waals surface area contributed by atoms with E-state index >= 15 is 0 Å². The lowest BCUT2D eigenvalue weighted by Crippen LogP contribution is -2.26. The molecule has 0 saturated carbocycles. The average molecular weight is 177 g/mol. The lowest BCUT2D eigenvalue weighted by atomic mass is 10.3. The van der Waals surface area contributed by atoms with E-state index in [0.717, 1.165) is 11.0 Å². The Labute approximate surface area is 75.7 Å². The van der Waals surface area contributed by atoms with Gasteiger partial charge in [-0.2, -0.15) is 0 Å². The number of fused-ring (bicyclic) bond motifs is 1.